The SMILES string of the molecule is O=C(O)c1cc(N=Cc2c(O)n(Cc3ccco3)c(=O)[nH]c2=O)ccc1O. The molecule has 0 amide bonds. The predicted molar refractivity (Wildman–Crippen MR) is 93.1 cm³/mol. The molecule has 138 valence electrons. The van der Waals surface area contributed by atoms with Gasteiger partial charge >= 0.3 is 11.7 Å². The van der Waals surface area contributed by atoms with Gasteiger partial charge in [0.05, 0.1) is 18.5 Å². The van der Waals surface area contributed by atoms with Crippen molar-refractivity contribution in [3.05, 3.63) is 74.3 Å². The lowest BCUT2D eigenvalue weighted by Crippen LogP contribution is -2.32. The van der Waals surface area contributed by atoms with Crippen LogP contribution in [0.4, 0.5) is 5.69 Å². The predicted octanol–water partition coefficient (Wildman–Crippen LogP) is 1.04. The number of carboxylic acids is 1. The summed E-state index contributed by atoms with van der Waals surface area (Å²) < 4.78 is 6.01. The number of nitrogens with one attached hydrogen (secondary N) is 1. The van der Waals surface area contributed by atoms with Crippen molar-refractivity contribution >= 4 is 17.9 Å². The number of aliphatic imine (C=N–C) groups is 1. The summed E-state index contributed by atoms with van der Waals surface area (Å²) in [7, 11) is 0. The fourth-order valence-corrected chi connectivity index (χ4v) is 2.31. The number of hydrogen-bond donors (Lipinski definition) is 4. The molecule has 0 aliphatic rings. The average molecular weight is 371 g/mol. The Morgan fingerprint density at radius 3 is 2.70 bits per heavy atom. The van der Waals surface area contributed by atoms with Crippen molar-refractivity contribution in [3.8, 4) is 11.6 Å². The van der Waals surface area contributed by atoms with Crippen molar-refractivity contribution in [3.63, 3.8) is 0 Å². The number of nitrogens with zero attached hydrogens (tertiary/aromatic N) is 2. The van der Waals surface area contributed by atoms with Crippen LogP contribution in [0, 0.1) is 0 Å². The Labute approximate surface area is 150 Å². The molecule has 2 heterocycles. The Morgan fingerprint density at radius 1 is 1.26 bits per heavy atom. The third-order valence-corrected chi connectivity index (χ3v) is 3.65. The van der Waals surface area contributed by atoms with E-state index in [1.807, 2.05) is 0 Å². The second kappa shape index (κ2) is 7.04. The summed E-state index contributed by atoms with van der Waals surface area (Å²) >= 11 is 0. The lowest BCUT2D eigenvalue weighted by molar-refractivity contribution is 0.0693. The zero-order chi connectivity index (χ0) is 19.6. The highest BCUT2D eigenvalue weighted by Crippen LogP contribution is 2.23. The van der Waals surface area contributed by atoms with Crippen LogP contribution in [0.3, 0.4) is 0 Å². The van der Waals surface area contributed by atoms with Gasteiger partial charge in [0.15, 0.2) is 0 Å². The molecule has 0 bridgehead atoms. The minimum absolute atomic E-state index is 0.113. The van der Waals surface area contributed by atoms with Crippen molar-refractivity contribution in [1.82, 2.24) is 9.55 Å². The highest BCUT2D eigenvalue weighted by molar-refractivity contribution is 5.92. The van der Waals surface area contributed by atoms with Gasteiger partial charge in [-0.2, -0.15) is 0 Å². The maximum Gasteiger partial charge on any atom is 0.339 e. The number of carboxylic acid groups (broad SMARTS) is 1. The molecule has 0 spiro atoms. The van der Waals surface area contributed by atoms with Gasteiger partial charge in [0, 0.05) is 6.21 Å². The van der Waals surface area contributed by atoms with Gasteiger partial charge in [0.1, 0.15) is 22.6 Å². The van der Waals surface area contributed by atoms with Crippen LogP contribution in [0.15, 0.2) is 55.6 Å². The Hall–Kier alpha value is -4.08. The van der Waals surface area contributed by atoms with Crippen LogP contribution in [-0.2, 0) is 6.54 Å². The van der Waals surface area contributed by atoms with E-state index in [1.54, 1.807) is 12.1 Å². The van der Waals surface area contributed by atoms with Crippen LogP contribution >= 0.6 is 0 Å². The van der Waals surface area contributed by atoms with Crippen molar-refractivity contribution < 1.29 is 24.5 Å². The van der Waals surface area contributed by atoms with Gasteiger partial charge < -0.3 is 19.7 Å². The number of hydrogen-bond acceptors (Lipinski definition) is 7. The van der Waals surface area contributed by atoms with Gasteiger partial charge in [-0.25, -0.2) is 9.59 Å². The molecule has 0 fully saturated rings. The first-order valence-corrected chi connectivity index (χ1v) is 7.55. The van der Waals surface area contributed by atoms with E-state index >= 15 is 0 Å². The molecule has 3 rings (SSSR count). The Bertz CT molecular complexity index is 1140. The molecule has 27 heavy (non-hydrogen) atoms. The highest BCUT2D eigenvalue weighted by atomic mass is 16.4. The number of benzene rings is 1. The molecule has 3 aromatic rings. The Morgan fingerprint density at radius 2 is 2.04 bits per heavy atom. The third-order valence-electron chi connectivity index (χ3n) is 3.65. The zero-order valence-electron chi connectivity index (χ0n) is 13.6. The number of furan rings is 1. The third kappa shape index (κ3) is 3.63. The van der Waals surface area contributed by atoms with Crippen LogP contribution in [0.5, 0.6) is 11.6 Å². The average Bonchev–Trinajstić information content (AvgIpc) is 3.12. The lowest BCUT2D eigenvalue weighted by atomic mass is 10.2. The fourth-order valence-electron chi connectivity index (χ4n) is 2.31. The minimum Gasteiger partial charge on any atom is -0.507 e. The number of aromatic nitrogens is 2. The fraction of sp³-hybridized carbons (Fsp3) is 0.0588. The number of phenols is 1. The summed E-state index contributed by atoms with van der Waals surface area (Å²) in [6, 6.07) is 6.75. The molecule has 0 saturated heterocycles. The van der Waals surface area contributed by atoms with Crippen LogP contribution in [0.25, 0.3) is 0 Å². The molecule has 0 radical (unpaired) electrons. The van der Waals surface area contributed by atoms with Crippen molar-refractivity contribution in [2.45, 2.75) is 6.54 Å². The molecule has 1 aromatic carbocycles. The quantitative estimate of drug-likeness (QED) is 0.488. The minimum atomic E-state index is -1.35. The van der Waals surface area contributed by atoms with E-state index in [2.05, 4.69) is 9.98 Å². The normalized spacial score (nSPS) is 11.1. The summed E-state index contributed by atoms with van der Waals surface area (Å²) in [5, 5.41) is 28.8. The monoisotopic (exact) mass is 371 g/mol. The van der Waals surface area contributed by atoms with E-state index in [4.69, 9.17) is 9.52 Å². The molecular formula is C17H13N3O7. The molecular weight excluding hydrogens is 358 g/mol. The summed E-state index contributed by atoms with van der Waals surface area (Å²) in [4.78, 5) is 41.0. The topological polar surface area (TPSA) is 158 Å². The lowest BCUT2D eigenvalue weighted by Gasteiger charge is -2.08. The summed E-state index contributed by atoms with van der Waals surface area (Å²) in [6.07, 6.45) is 2.39. The first-order valence-electron chi connectivity index (χ1n) is 7.55. The second-order valence-corrected chi connectivity index (χ2v) is 5.43. The molecule has 2 aromatic heterocycles. The number of H-pyrrole nitrogens is 1. The largest absolute Gasteiger partial charge is 0.507 e. The van der Waals surface area contributed by atoms with Gasteiger partial charge in [0.2, 0.25) is 5.88 Å². The highest BCUT2D eigenvalue weighted by Gasteiger charge is 2.14. The zero-order valence-corrected chi connectivity index (χ0v) is 13.6. The number of aromatic amines is 1. The molecule has 0 aliphatic carbocycles. The molecule has 0 atom stereocenters. The standard InChI is InChI=1S/C17H13N3O7/c21-13-4-3-9(6-11(13)16(24)25)18-7-12-14(22)19-17(26)20(15(12)23)8-10-2-1-5-27-10/h1-7,21,23H,8H2,(H,24,25)(H,19,22,26). The number of carbonyl (C=O) groups is 1. The van der Waals surface area contributed by atoms with E-state index in [9.17, 15) is 24.6 Å². The van der Waals surface area contributed by atoms with E-state index in [1.165, 1.54) is 12.3 Å². The second-order valence-electron chi connectivity index (χ2n) is 5.43. The van der Waals surface area contributed by atoms with Gasteiger partial charge in [-0.1, -0.05) is 0 Å². The van der Waals surface area contributed by atoms with Crippen molar-refractivity contribution in [2.75, 3.05) is 0 Å². The number of rotatable bonds is 5. The smallest absolute Gasteiger partial charge is 0.339 e. The van der Waals surface area contributed by atoms with E-state index in [0.717, 1.165) is 22.9 Å². The first-order chi connectivity index (χ1) is 12.9. The summed E-state index contributed by atoms with van der Waals surface area (Å²) in [6.45, 7) is -0.113. The summed E-state index contributed by atoms with van der Waals surface area (Å²) in [5.74, 6) is -2.03. The van der Waals surface area contributed by atoms with Crippen LogP contribution in [0.1, 0.15) is 21.7 Å². The van der Waals surface area contributed by atoms with Gasteiger partial charge in [-0.3, -0.25) is 19.3 Å². The number of aromatic carboxylic acids is 1. The Balaban J connectivity index is 2.01. The van der Waals surface area contributed by atoms with Gasteiger partial charge in [-0.15, -0.1) is 0 Å². The maximum absolute atomic E-state index is 12.0. The van der Waals surface area contributed by atoms with E-state index in [0.29, 0.717) is 5.76 Å². The van der Waals surface area contributed by atoms with E-state index < -0.39 is 28.8 Å². The Kier molecular flexibility index (Phi) is 4.62. The van der Waals surface area contributed by atoms with Crippen LogP contribution in [-0.4, -0.2) is 37.1 Å². The molecule has 4 N–H and O–H groups in total. The first kappa shape index (κ1) is 17.7. The molecule has 0 aliphatic heterocycles. The van der Waals surface area contributed by atoms with E-state index in [-0.39, 0.29) is 23.4 Å². The molecule has 10 nitrogen and oxygen atoms in total. The molecule has 0 saturated carbocycles. The number of aromatic hydroxyl groups is 2. The molecule has 0 unspecified atom stereocenters. The van der Waals surface area contributed by atoms with Crippen LogP contribution < -0.4 is 11.2 Å². The molecule has 10 heteroatoms. The maximum atomic E-state index is 12.0. The van der Waals surface area contributed by atoms with Crippen molar-refractivity contribution in [1.29, 1.82) is 0 Å². The van der Waals surface area contributed by atoms with Gasteiger partial charge in [-0.05, 0) is 30.3 Å². The summed E-state index contributed by atoms with van der Waals surface area (Å²) in [5.41, 5.74) is -2.25. The van der Waals surface area contributed by atoms with Crippen molar-refractivity contribution in [2.24, 2.45) is 4.99 Å². The van der Waals surface area contributed by atoms with Crippen LogP contribution in [0.2, 0.25) is 0 Å². The van der Waals surface area contributed by atoms with Gasteiger partial charge in [0.25, 0.3) is 5.56 Å².